The van der Waals surface area contributed by atoms with Crippen molar-refractivity contribution in [3.63, 3.8) is 0 Å². The molecule has 1 aliphatic rings. The van der Waals surface area contributed by atoms with Gasteiger partial charge in [-0.05, 0) is 58.7 Å². The van der Waals surface area contributed by atoms with Gasteiger partial charge in [-0.15, -0.1) is 0 Å². The van der Waals surface area contributed by atoms with Gasteiger partial charge in [-0.2, -0.15) is 0 Å². The van der Waals surface area contributed by atoms with Crippen molar-refractivity contribution in [3.8, 4) is 50.3 Å². The van der Waals surface area contributed by atoms with Gasteiger partial charge < -0.3 is 9.13 Å². The van der Waals surface area contributed by atoms with Gasteiger partial charge >= 0.3 is 0 Å². The first-order valence-corrected chi connectivity index (χ1v) is 17.5. The van der Waals surface area contributed by atoms with Crippen molar-refractivity contribution in [1.29, 1.82) is 0 Å². The van der Waals surface area contributed by atoms with Crippen LogP contribution in [-0.2, 0) is 4.57 Å². The van der Waals surface area contributed by atoms with Gasteiger partial charge in [0.05, 0.1) is 16.5 Å². The Morgan fingerprint density at radius 3 is 1.96 bits per heavy atom. The monoisotopic (exact) mass is 617 g/mol. The van der Waals surface area contributed by atoms with Gasteiger partial charge in [-0.25, -0.2) is 0 Å². The van der Waals surface area contributed by atoms with E-state index in [-0.39, 0.29) is 0 Å². The number of rotatable bonds is 4. The molecule has 0 saturated heterocycles. The Morgan fingerprint density at radius 2 is 1.17 bits per heavy atom. The van der Waals surface area contributed by atoms with Crippen LogP contribution in [0.15, 0.2) is 170 Å². The molecule has 0 bridgehead atoms. The van der Waals surface area contributed by atoms with Crippen LogP contribution in [0.3, 0.4) is 0 Å². The average Bonchev–Trinajstić information content (AvgIpc) is 3.46. The first kappa shape index (κ1) is 27.4. The van der Waals surface area contributed by atoms with E-state index >= 15 is 4.57 Å². The largest absolute Gasteiger partial charge is 0.309 e. The minimum absolute atomic E-state index is 0.692. The molecule has 3 heteroatoms. The van der Waals surface area contributed by atoms with Gasteiger partial charge in [0.25, 0.3) is 0 Å². The summed E-state index contributed by atoms with van der Waals surface area (Å²) in [6.45, 7) is 0. The lowest BCUT2D eigenvalue weighted by Gasteiger charge is -2.22. The highest BCUT2D eigenvalue weighted by atomic mass is 31.2. The van der Waals surface area contributed by atoms with Crippen molar-refractivity contribution >= 4 is 34.0 Å². The fourth-order valence-electron chi connectivity index (χ4n) is 7.17. The predicted octanol–water partition coefficient (Wildman–Crippen LogP) is 9.85. The first-order valence-electron chi connectivity index (χ1n) is 15.8. The molecule has 47 heavy (non-hydrogen) atoms. The van der Waals surface area contributed by atoms with Crippen molar-refractivity contribution in [2.45, 2.75) is 0 Å². The molecule has 2 nitrogen and oxygen atoms in total. The van der Waals surface area contributed by atoms with Crippen LogP contribution in [0.5, 0.6) is 0 Å². The molecule has 0 radical (unpaired) electrons. The molecule has 8 aromatic rings. The van der Waals surface area contributed by atoms with Crippen molar-refractivity contribution in [2.75, 3.05) is 0 Å². The van der Waals surface area contributed by atoms with E-state index in [9.17, 15) is 0 Å². The molecule has 1 aliphatic heterocycles. The maximum atomic E-state index is 16.2. The molecule has 0 saturated carbocycles. The van der Waals surface area contributed by atoms with Crippen molar-refractivity contribution in [1.82, 2.24) is 4.57 Å². The highest BCUT2D eigenvalue weighted by Gasteiger charge is 2.40. The molecule has 0 amide bonds. The standard InChI is InChI=1S/C44H28NOP/c46-47(36-22-14-20-34(30-36)32-17-5-2-6-18-32)41-27-11-8-24-38(41)43-37-23-7-10-26-40(37)45(44(43)39-25-9-12-28-42(39)47)35-21-13-19-33(29-35)31-15-3-1-4-16-31/h1-10,12-26,28-30H. The third kappa shape index (κ3) is 4.25. The Morgan fingerprint density at radius 1 is 0.532 bits per heavy atom. The van der Waals surface area contributed by atoms with Gasteiger partial charge in [0, 0.05) is 38.4 Å². The molecule has 1 unspecified atom stereocenters. The van der Waals surface area contributed by atoms with E-state index < -0.39 is 7.14 Å². The topological polar surface area (TPSA) is 22.0 Å². The van der Waals surface area contributed by atoms with Crippen molar-refractivity contribution < 1.29 is 4.57 Å². The van der Waals surface area contributed by atoms with E-state index in [1.165, 1.54) is 0 Å². The Bertz CT molecular complexity index is 2490. The second-order valence-corrected chi connectivity index (χ2v) is 14.6. The van der Waals surface area contributed by atoms with E-state index in [1.54, 1.807) is 0 Å². The van der Waals surface area contributed by atoms with E-state index in [0.29, 0.717) is 5.30 Å². The van der Waals surface area contributed by atoms with Crippen LogP contribution in [0.2, 0.25) is 0 Å². The number of aromatic nitrogens is 1. The highest BCUT2D eigenvalue weighted by Crippen LogP contribution is 2.54. The fraction of sp³-hybridized carbons (Fsp3) is 0. The second kappa shape index (κ2) is 10.9. The van der Waals surface area contributed by atoms with E-state index in [1.807, 2.05) is 54.6 Å². The number of benzene rings is 6. The molecular weight excluding hydrogens is 589 g/mol. The van der Waals surface area contributed by atoms with Crippen molar-refractivity contribution in [2.24, 2.45) is 0 Å². The zero-order valence-corrected chi connectivity index (χ0v) is 26.4. The maximum absolute atomic E-state index is 16.2. The van der Waals surface area contributed by atoms with Crippen LogP contribution in [0.1, 0.15) is 0 Å². The summed E-state index contributed by atoms with van der Waals surface area (Å²) < 4.78 is 18.6. The fourth-order valence-corrected chi connectivity index (χ4v) is 10.1. The van der Waals surface area contributed by atoms with Gasteiger partial charge in [-0.3, -0.25) is 0 Å². The Kier molecular flexibility index (Phi) is 6.36. The normalized spacial score (nSPS) is 14.8. The minimum Gasteiger partial charge on any atom is -0.309 e. The number of hydrogen-bond donors (Lipinski definition) is 0. The Labute approximate surface area is 274 Å². The molecule has 220 valence electrons. The van der Waals surface area contributed by atoms with E-state index in [4.69, 9.17) is 0 Å². The van der Waals surface area contributed by atoms with Crippen LogP contribution in [0.25, 0.3) is 61.2 Å². The lowest BCUT2D eigenvalue weighted by molar-refractivity contribution is 0.592. The summed E-state index contributed by atoms with van der Waals surface area (Å²) in [6, 6.07) is 65.0. The smallest absolute Gasteiger partial charge is 0.180 e. The average molecular weight is 618 g/mol. The van der Waals surface area contributed by atoms with Crippen LogP contribution in [0.4, 0.5) is 0 Å². The molecule has 1 atom stereocenters. The SMILES string of the molecule is O=P1(c2cccc(-c3ccccc3)c2)c2c#cccc2-c2c(n(-c3cccc(-c4ccccc4)c3)c3ccccc23)-c2ccccc21. The summed E-state index contributed by atoms with van der Waals surface area (Å²) in [5.74, 6) is 0. The van der Waals surface area contributed by atoms with Crippen LogP contribution >= 0.6 is 7.14 Å². The highest BCUT2D eigenvalue weighted by molar-refractivity contribution is 7.85. The second-order valence-electron chi connectivity index (χ2n) is 11.9. The number of hydrogen-bond acceptors (Lipinski definition) is 1. The zero-order chi connectivity index (χ0) is 31.4. The van der Waals surface area contributed by atoms with Gasteiger partial charge in [-0.1, -0.05) is 146 Å². The molecule has 7 aromatic carbocycles. The summed E-state index contributed by atoms with van der Waals surface area (Å²) in [5.41, 5.74) is 10.6. The summed E-state index contributed by atoms with van der Waals surface area (Å²) in [6.07, 6.45) is 0. The third-order valence-corrected chi connectivity index (χ3v) is 12.3. The van der Waals surface area contributed by atoms with E-state index in [0.717, 1.165) is 71.8 Å². The summed E-state index contributed by atoms with van der Waals surface area (Å²) in [7, 11) is -3.43. The lowest BCUT2D eigenvalue weighted by Crippen LogP contribution is -2.26. The summed E-state index contributed by atoms with van der Waals surface area (Å²) in [4.78, 5) is 0. The van der Waals surface area contributed by atoms with Crippen LogP contribution < -0.4 is 15.9 Å². The van der Waals surface area contributed by atoms with E-state index in [2.05, 4.69) is 132 Å². The zero-order valence-electron chi connectivity index (χ0n) is 25.5. The van der Waals surface area contributed by atoms with Crippen LogP contribution in [-0.4, -0.2) is 4.57 Å². The predicted molar refractivity (Wildman–Crippen MR) is 196 cm³/mol. The summed E-state index contributed by atoms with van der Waals surface area (Å²) >= 11 is 0. The molecule has 0 spiro atoms. The molecule has 9 rings (SSSR count). The Balaban J connectivity index is 1.38. The number of fused-ring (bicyclic) bond motifs is 7. The Hall–Kier alpha value is -5.87. The van der Waals surface area contributed by atoms with Crippen LogP contribution in [0, 0.1) is 12.1 Å². The molecule has 1 aromatic heterocycles. The summed E-state index contributed by atoms with van der Waals surface area (Å²) in [5, 5.41) is 3.40. The van der Waals surface area contributed by atoms with Gasteiger partial charge in [0.1, 0.15) is 0 Å². The van der Waals surface area contributed by atoms with Gasteiger partial charge in [0.15, 0.2) is 7.14 Å². The minimum atomic E-state index is -3.43. The molecule has 0 fully saturated rings. The maximum Gasteiger partial charge on any atom is 0.180 e. The number of para-hydroxylation sites is 1. The number of nitrogens with zero attached hydrogens (tertiary/aromatic N) is 1. The third-order valence-electron chi connectivity index (χ3n) is 9.26. The lowest BCUT2D eigenvalue weighted by atomic mass is 9.99. The van der Waals surface area contributed by atoms with Crippen molar-refractivity contribution in [3.05, 3.63) is 182 Å². The molecule has 2 heterocycles. The molecular formula is C44H28NOP. The van der Waals surface area contributed by atoms with Gasteiger partial charge in [0.2, 0.25) is 0 Å². The molecule has 0 N–H and O–H groups in total. The first-order chi connectivity index (χ1) is 23.2. The molecule has 0 aliphatic carbocycles. The quantitative estimate of drug-likeness (QED) is 0.180.